The highest BCUT2D eigenvalue weighted by molar-refractivity contribution is 5.56. The van der Waals surface area contributed by atoms with Gasteiger partial charge in [-0.2, -0.15) is 0 Å². The lowest BCUT2D eigenvalue weighted by Gasteiger charge is -2.35. The first-order chi connectivity index (χ1) is 9.24. The molecule has 3 N–H and O–H groups in total. The van der Waals surface area contributed by atoms with Gasteiger partial charge in [0.2, 0.25) is 0 Å². The van der Waals surface area contributed by atoms with Gasteiger partial charge < -0.3 is 10.5 Å². The van der Waals surface area contributed by atoms with Crippen LogP contribution in [0.15, 0.2) is 24.3 Å². The summed E-state index contributed by atoms with van der Waals surface area (Å²) in [5.41, 5.74) is 7.89. The first-order valence-corrected chi connectivity index (χ1v) is 7.02. The van der Waals surface area contributed by atoms with E-state index in [1.807, 2.05) is 19.1 Å². The summed E-state index contributed by atoms with van der Waals surface area (Å²) in [6.45, 7) is 4.77. The molecule has 1 aromatic carbocycles. The predicted octanol–water partition coefficient (Wildman–Crippen LogP) is 1.58. The molecule has 1 aromatic rings. The molecule has 1 heterocycles. The minimum atomic E-state index is -0.127. The van der Waals surface area contributed by atoms with Gasteiger partial charge in [-0.05, 0) is 43.0 Å². The molecule has 0 bridgehead atoms. The lowest BCUT2D eigenvalue weighted by Crippen LogP contribution is -2.49. The third-order valence-corrected chi connectivity index (χ3v) is 3.87. The number of hydrogen-bond donors (Lipinski definition) is 2. The third kappa shape index (κ3) is 3.55. The van der Waals surface area contributed by atoms with Crippen molar-refractivity contribution in [3.05, 3.63) is 29.8 Å². The Hall–Kier alpha value is -1.39. The van der Waals surface area contributed by atoms with Crippen molar-refractivity contribution in [1.29, 1.82) is 0 Å². The maximum Gasteiger partial charge on any atom is 0.151 e. The van der Waals surface area contributed by atoms with Crippen LogP contribution in [0, 0.1) is 0 Å². The van der Waals surface area contributed by atoms with Gasteiger partial charge in [-0.1, -0.05) is 19.1 Å². The minimum absolute atomic E-state index is 0.127. The second-order valence-electron chi connectivity index (χ2n) is 5.12. The number of carbonyl (C=O) groups excluding carboxylic acids is 1. The van der Waals surface area contributed by atoms with Crippen molar-refractivity contribution in [1.82, 2.24) is 10.2 Å². The van der Waals surface area contributed by atoms with E-state index in [4.69, 9.17) is 5.73 Å². The lowest BCUT2D eigenvalue weighted by molar-refractivity contribution is -0.113. The number of carbonyl (C=O) groups is 1. The molecule has 0 saturated carbocycles. The maximum absolute atomic E-state index is 11.1. The largest absolute Gasteiger partial charge is 0.399 e. The highest BCUT2D eigenvalue weighted by atomic mass is 16.1. The van der Waals surface area contributed by atoms with Gasteiger partial charge in [0.05, 0.1) is 0 Å². The molecule has 2 rings (SSSR count). The normalized spacial score (nSPS) is 19.2. The van der Waals surface area contributed by atoms with Gasteiger partial charge in [0.15, 0.2) is 6.29 Å². The monoisotopic (exact) mass is 261 g/mol. The molecule has 0 amide bonds. The molecule has 1 aliphatic heterocycles. The highest BCUT2D eigenvalue weighted by Crippen LogP contribution is 2.28. The number of nitrogens with one attached hydrogen (secondary N) is 1. The van der Waals surface area contributed by atoms with E-state index >= 15 is 0 Å². The number of nitrogen functional groups attached to an aromatic ring is 1. The number of aldehydes is 1. The van der Waals surface area contributed by atoms with Crippen LogP contribution in [0.4, 0.5) is 5.69 Å². The van der Waals surface area contributed by atoms with Crippen LogP contribution < -0.4 is 11.1 Å². The van der Waals surface area contributed by atoms with Crippen LogP contribution in [-0.4, -0.2) is 37.0 Å². The van der Waals surface area contributed by atoms with Crippen LogP contribution in [0.2, 0.25) is 0 Å². The summed E-state index contributed by atoms with van der Waals surface area (Å²) in [5, 5.41) is 3.21. The molecule has 0 radical (unpaired) electrons. The molecule has 1 unspecified atom stereocenters. The molecule has 0 aliphatic carbocycles. The Kier molecular flexibility index (Phi) is 4.93. The summed E-state index contributed by atoms with van der Waals surface area (Å²) < 4.78 is 0. The number of piperidine rings is 1. The number of hydrogen-bond acceptors (Lipinski definition) is 4. The van der Waals surface area contributed by atoms with E-state index in [0.29, 0.717) is 5.92 Å². The Balaban J connectivity index is 1.91. The quantitative estimate of drug-likeness (QED) is 0.624. The topological polar surface area (TPSA) is 58.4 Å². The summed E-state index contributed by atoms with van der Waals surface area (Å²) in [4.78, 5) is 13.3. The van der Waals surface area contributed by atoms with Crippen LogP contribution in [-0.2, 0) is 4.79 Å². The van der Waals surface area contributed by atoms with Gasteiger partial charge in [0.1, 0.15) is 6.17 Å². The van der Waals surface area contributed by atoms with Crippen molar-refractivity contribution in [2.75, 3.05) is 25.4 Å². The number of rotatable bonds is 5. The Labute approximate surface area is 115 Å². The summed E-state index contributed by atoms with van der Waals surface area (Å²) in [5.74, 6) is 0.589. The summed E-state index contributed by atoms with van der Waals surface area (Å²) in [6.07, 6.45) is 3.07. The zero-order valence-electron chi connectivity index (χ0n) is 11.5. The van der Waals surface area contributed by atoms with Crippen LogP contribution in [0.1, 0.15) is 31.2 Å². The summed E-state index contributed by atoms with van der Waals surface area (Å²) >= 11 is 0. The molecule has 1 saturated heterocycles. The molecule has 104 valence electrons. The second-order valence-corrected chi connectivity index (χ2v) is 5.12. The molecule has 19 heavy (non-hydrogen) atoms. The van der Waals surface area contributed by atoms with Crippen LogP contribution in [0.3, 0.4) is 0 Å². The molecule has 0 aromatic heterocycles. The van der Waals surface area contributed by atoms with Crippen molar-refractivity contribution in [2.45, 2.75) is 31.8 Å². The molecule has 1 aliphatic rings. The first kappa shape index (κ1) is 14.0. The standard InChI is InChI=1S/C15H23N3O/c1-2-17-15(11-19)18-9-7-13(8-10-18)12-3-5-14(16)6-4-12/h3-6,11,13,15,17H,2,7-10,16H2,1H3. The van der Waals surface area contributed by atoms with E-state index < -0.39 is 0 Å². The molecule has 1 fully saturated rings. The SMILES string of the molecule is CCNC(C=O)N1CCC(c2ccc(N)cc2)CC1. The molecule has 4 nitrogen and oxygen atoms in total. The zero-order chi connectivity index (χ0) is 13.7. The Morgan fingerprint density at radius 1 is 1.37 bits per heavy atom. The van der Waals surface area contributed by atoms with Crippen molar-refractivity contribution in [3.8, 4) is 0 Å². The van der Waals surface area contributed by atoms with Gasteiger partial charge in [-0.25, -0.2) is 0 Å². The van der Waals surface area contributed by atoms with Crippen molar-refractivity contribution < 1.29 is 4.79 Å². The fraction of sp³-hybridized carbons (Fsp3) is 0.533. The lowest BCUT2D eigenvalue weighted by atomic mass is 9.89. The molecular formula is C15H23N3O. The van der Waals surface area contributed by atoms with Crippen molar-refractivity contribution in [2.24, 2.45) is 0 Å². The maximum atomic E-state index is 11.1. The molecular weight excluding hydrogens is 238 g/mol. The molecule has 0 spiro atoms. The number of likely N-dealkylation sites (N-methyl/N-ethyl adjacent to an activating group) is 1. The van der Waals surface area contributed by atoms with E-state index in [1.54, 1.807) is 0 Å². The van der Waals surface area contributed by atoms with Crippen LogP contribution in [0.25, 0.3) is 0 Å². The number of nitrogens with zero attached hydrogens (tertiary/aromatic N) is 1. The Bertz CT molecular complexity index is 396. The second kappa shape index (κ2) is 6.68. The van der Waals surface area contributed by atoms with Crippen LogP contribution in [0.5, 0.6) is 0 Å². The molecule has 4 heteroatoms. The van der Waals surface area contributed by atoms with Crippen molar-refractivity contribution in [3.63, 3.8) is 0 Å². The van der Waals surface area contributed by atoms with Crippen molar-refractivity contribution >= 4 is 12.0 Å². The van der Waals surface area contributed by atoms with E-state index in [-0.39, 0.29) is 6.17 Å². The number of benzene rings is 1. The smallest absolute Gasteiger partial charge is 0.151 e. The van der Waals surface area contributed by atoms with Gasteiger partial charge in [-0.15, -0.1) is 0 Å². The fourth-order valence-corrected chi connectivity index (χ4v) is 2.75. The van der Waals surface area contributed by atoms with E-state index in [0.717, 1.165) is 44.4 Å². The van der Waals surface area contributed by atoms with Gasteiger partial charge >= 0.3 is 0 Å². The Morgan fingerprint density at radius 2 is 2.00 bits per heavy atom. The predicted molar refractivity (Wildman–Crippen MR) is 77.9 cm³/mol. The first-order valence-electron chi connectivity index (χ1n) is 7.02. The Morgan fingerprint density at radius 3 is 2.53 bits per heavy atom. The fourth-order valence-electron chi connectivity index (χ4n) is 2.75. The van der Waals surface area contributed by atoms with Gasteiger partial charge in [0, 0.05) is 18.8 Å². The van der Waals surface area contributed by atoms with Crippen LogP contribution >= 0.6 is 0 Å². The van der Waals surface area contributed by atoms with Gasteiger partial charge in [-0.3, -0.25) is 10.2 Å². The average Bonchev–Trinajstić information content (AvgIpc) is 2.46. The highest BCUT2D eigenvalue weighted by Gasteiger charge is 2.24. The van der Waals surface area contributed by atoms with E-state index in [9.17, 15) is 4.79 Å². The molecule has 1 atom stereocenters. The summed E-state index contributed by atoms with van der Waals surface area (Å²) in [6, 6.07) is 8.18. The average molecular weight is 261 g/mol. The minimum Gasteiger partial charge on any atom is -0.399 e. The third-order valence-electron chi connectivity index (χ3n) is 3.87. The summed E-state index contributed by atoms with van der Waals surface area (Å²) in [7, 11) is 0. The number of nitrogens with two attached hydrogens (primary N) is 1. The van der Waals surface area contributed by atoms with E-state index in [2.05, 4.69) is 22.3 Å². The van der Waals surface area contributed by atoms with E-state index in [1.165, 1.54) is 5.56 Å². The van der Waals surface area contributed by atoms with Gasteiger partial charge in [0.25, 0.3) is 0 Å². The number of likely N-dealkylation sites (tertiary alicyclic amines) is 1. The number of anilines is 1. The zero-order valence-corrected chi connectivity index (χ0v) is 11.5.